The maximum Gasteiger partial charge on any atom is 0.241 e. The fourth-order valence-corrected chi connectivity index (χ4v) is 1.93. The summed E-state index contributed by atoms with van der Waals surface area (Å²) in [5.41, 5.74) is 1.13. The highest BCUT2D eigenvalue weighted by Gasteiger charge is 2.11. The molecule has 15 heavy (non-hydrogen) atoms. The van der Waals surface area contributed by atoms with E-state index in [0.717, 1.165) is 0 Å². The van der Waals surface area contributed by atoms with E-state index in [1.807, 2.05) is 0 Å². The molecular formula is C8H4Cl3N3O. The van der Waals surface area contributed by atoms with Gasteiger partial charge in [0, 0.05) is 6.20 Å². The van der Waals surface area contributed by atoms with Crippen molar-refractivity contribution in [2.45, 2.75) is 6.54 Å². The lowest BCUT2D eigenvalue weighted by Gasteiger charge is -2.02. The van der Waals surface area contributed by atoms with Crippen LogP contribution in [0.3, 0.4) is 0 Å². The van der Waals surface area contributed by atoms with Gasteiger partial charge in [-0.1, -0.05) is 11.6 Å². The van der Waals surface area contributed by atoms with Crippen LogP contribution in [0.5, 0.6) is 0 Å². The molecule has 0 spiro atoms. The molecule has 0 amide bonds. The number of nitrogens with zero attached hydrogens (tertiary/aromatic N) is 3. The zero-order valence-electron chi connectivity index (χ0n) is 7.25. The van der Waals surface area contributed by atoms with Gasteiger partial charge in [-0.2, -0.15) is 0 Å². The second-order valence-electron chi connectivity index (χ2n) is 2.82. The van der Waals surface area contributed by atoms with Gasteiger partial charge in [-0.05, 0) is 29.3 Å². The minimum Gasteiger partial charge on any atom is -0.335 e. The van der Waals surface area contributed by atoms with Gasteiger partial charge in [-0.25, -0.2) is 9.97 Å². The third kappa shape index (κ3) is 2.07. The highest BCUT2D eigenvalue weighted by Crippen LogP contribution is 2.23. The number of halogens is 3. The quantitative estimate of drug-likeness (QED) is 0.476. The van der Waals surface area contributed by atoms with Gasteiger partial charge >= 0.3 is 0 Å². The summed E-state index contributed by atoms with van der Waals surface area (Å²) in [4.78, 5) is 18.5. The topological polar surface area (TPSA) is 47.8 Å². The van der Waals surface area contributed by atoms with Crippen molar-refractivity contribution in [2.24, 2.45) is 0 Å². The van der Waals surface area contributed by atoms with Crippen LogP contribution < -0.4 is 0 Å². The van der Waals surface area contributed by atoms with Gasteiger partial charge in [0.25, 0.3) is 0 Å². The molecule has 7 heteroatoms. The molecule has 0 saturated heterocycles. The lowest BCUT2D eigenvalue weighted by atomic mass is 10.4. The van der Waals surface area contributed by atoms with Gasteiger partial charge in [0.05, 0.1) is 12.1 Å². The van der Waals surface area contributed by atoms with Crippen LogP contribution in [-0.4, -0.2) is 19.8 Å². The standard InChI is InChI=1S/C8H4Cl3N3O/c9-5(15)3-14-2-1-4-6(14)7(10)13-8(11)12-4/h1-2H,3H2. The fourth-order valence-electron chi connectivity index (χ4n) is 1.30. The second kappa shape index (κ2) is 3.96. The number of aromatic nitrogens is 3. The minimum absolute atomic E-state index is 0.0236. The van der Waals surface area contributed by atoms with E-state index in [9.17, 15) is 4.79 Å². The molecule has 0 aliphatic carbocycles. The average Bonchev–Trinajstić information content (AvgIpc) is 2.46. The number of rotatable bonds is 2. The van der Waals surface area contributed by atoms with Crippen LogP contribution in [0.2, 0.25) is 10.4 Å². The Kier molecular flexibility index (Phi) is 2.82. The van der Waals surface area contributed by atoms with Crippen molar-refractivity contribution in [3.63, 3.8) is 0 Å². The van der Waals surface area contributed by atoms with Gasteiger partial charge in [-0.3, -0.25) is 4.79 Å². The molecule has 2 aromatic rings. The molecule has 0 bridgehead atoms. The lowest BCUT2D eigenvalue weighted by molar-refractivity contribution is -0.112. The predicted molar refractivity (Wildman–Crippen MR) is 58.4 cm³/mol. The summed E-state index contributed by atoms with van der Waals surface area (Å²) in [5, 5.41) is -0.214. The van der Waals surface area contributed by atoms with Gasteiger partial charge in [0.15, 0.2) is 5.15 Å². The summed E-state index contributed by atoms with van der Waals surface area (Å²) in [5.74, 6) is 0. The van der Waals surface area contributed by atoms with E-state index in [4.69, 9.17) is 34.8 Å². The van der Waals surface area contributed by atoms with E-state index in [1.54, 1.807) is 16.8 Å². The first kappa shape index (κ1) is 10.7. The predicted octanol–water partition coefficient (Wildman–Crippen LogP) is 2.50. The molecule has 0 saturated carbocycles. The summed E-state index contributed by atoms with van der Waals surface area (Å²) >= 11 is 16.8. The Morgan fingerprint density at radius 2 is 2.13 bits per heavy atom. The molecule has 2 rings (SSSR count). The normalized spacial score (nSPS) is 10.9. The van der Waals surface area contributed by atoms with Crippen LogP contribution in [-0.2, 0) is 11.3 Å². The minimum atomic E-state index is -0.487. The van der Waals surface area contributed by atoms with Crippen molar-refractivity contribution in [1.29, 1.82) is 0 Å². The van der Waals surface area contributed by atoms with Gasteiger partial charge in [-0.15, -0.1) is 0 Å². The largest absolute Gasteiger partial charge is 0.335 e. The summed E-state index contributed by atoms with van der Waals surface area (Å²) in [7, 11) is 0. The molecule has 2 heterocycles. The van der Waals surface area contributed by atoms with E-state index in [0.29, 0.717) is 11.0 Å². The summed E-state index contributed by atoms with van der Waals surface area (Å²) in [6.07, 6.45) is 1.65. The van der Waals surface area contributed by atoms with Crippen LogP contribution in [0.4, 0.5) is 0 Å². The van der Waals surface area contributed by atoms with Crippen molar-refractivity contribution >= 4 is 51.1 Å². The summed E-state index contributed by atoms with van der Waals surface area (Å²) < 4.78 is 1.57. The molecule has 4 nitrogen and oxygen atoms in total. The van der Waals surface area contributed by atoms with E-state index in [-0.39, 0.29) is 17.0 Å². The number of carbonyl (C=O) groups excluding carboxylic acids is 1. The highest BCUT2D eigenvalue weighted by atomic mass is 35.5. The van der Waals surface area contributed by atoms with Crippen LogP contribution >= 0.6 is 34.8 Å². The molecule has 0 fully saturated rings. The molecule has 0 unspecified atom stereocenters. The SMILES string of the molecule is O=C(Cl)Cn1ccc2nc(Cl)nc(Cl)c21. The van der Waals surface area contributed by atoms with Crippen LogP contribution in [0.25, 0.3) is 11.0 Å². The van der Waals surface area contributed by atoms with Gasteiger partial charge in [0.1, 0.15) is 5.52 Å². The highest BCUT2D eigenvalue weighted by molar-refractivity contribution is 6.63. The van der Waals surface area contributed by atoms with Gasteiger partial charge < -0.3 is 4.57 Å². The first-order chi connectivity index (χ1) is 7.08. The number of hydrogen-bond acceptors (Lipinski definition) is 3. The molecule has 0 N–H and O–H groups in total. The lowest BCUT2D eigenvalue weighted by Crippen LogP contribution is -2.03. The maximum absolute atomic E-state index is 10.8. The Labute approximate surface area is 99.8 Å². The second-order valence-corrected chi connectivity index (χ2v) is 3.93. The number of carbonyl (C=O) groups is 1. The molecule has 0 aromatic carbocycles. The Bertz CT molecular complexity index is 537. The van der Waals surface area contributed by atoms with Crippen molar-refractivity contribution in [2.75, 3.05) is 0 Å². The Morgan fingerprint density at radius 3 is 2.80 bits per heavy atom. The van der Waals surface area contributed by atoms with Crippen LogP contribution in [0.1, 0.15) is 0 Å². The fraction of sp³-hybridized carbons (Fsp3) is 0.125. The zero-order valence-corrected chi connectivity index (χ0v) is 9.51. The third-order valence-corrected chi connectivity index (χ3v) is 2.39. The number of fused-ring (bicyclic) bond motifs is 1. The molecule has 0 aliphatic heterocycles. The molecule has 0 radical (unpaired) electrons. The molecule has 0 aliphatic rings. The molecule has 0 atom stereocenters. The Balaban J connectivity index is 2.63. The van der Waals surface area contributed by atoms with Gasteiger partial charge in [0.2, 0.25) is 10.5 Å². The first-order valence-corrected chi connectivity index (χ1v) is 5.07. The van der Waals surface area contributed by atoms with Crippen LogP contribution in [0.15, 0.2) is 12.3 Å². The smallest absolute Gasteiger partial charge is 0.241 e. The molecular weight excluding hydrogens is 260 g/mol. The Hall–Kier alpha value is -0.840. The van der Waals surface area contributed by atoms with Crippen molar-refractivity contribution in [1.82, 2.24) is 14.5 Å². The van der Waals surface area contributed by atoms with E-state index in [1.165, 1.54) is 0 Å². The maximum atomic E-state index is 10.8. The van der Waals surface area contributed by atoms with Crippen molar-refractivity contribution in [3.05, 3.63) is 22.7 Å². The molecule has 78 valence electrons. The first-order valence-electron chi connectivity index (χ1n) is 3.94. The summed E-state index contributed by atoms with van der Waals surface area (Å²) in [6.45, 7) is 0.0236. The van der Waals surface area contributed by atoms with E-state index < -0.39 is 5.24 Å². The van der Waals surface area contributed by atoms with Crippen molar-refractivity contribution < 1.29 is 4.79 Å². The van der Waals surface area contributed by atoms with Crippen LogP contribution in [0, 0.1) is 0 Å². The van der Waals surface area contributed by atoms with E-state index in [2.05, 4.69) is 9.97 Å². The molecule has 2 aromatic heterocycles. The third-order valence-electron chi connectivity index (χ3n) is 1.84. The number of hydrogen-bond donors (Lipinski definition) is 0. The van der Waals surface area contributed by atoms with Crippen molar-refractivity contribution in [3.8, 4) is 0 Å². The zero-order chi connectivity index (χ0) is 11.0. The monoisotopic (exact) mass is 263 g/mol. The summed E-state index contributed by atoms with van der Waals surface area (Å²) in [6, 6.07) is 1.69. The average molecular weight is 264 g/mol. The Morgan fingerprint density at radius 1 is 1.40 bits per heavy atom. The van der Waals surface area contributed by atoms with E-state index >= 15 is 0 Å².